The standard InChI is InChI=1S/C19H25N3O3/c1-2-16-12-22(13-18(16)21-6-8-24-9-7-21)19(23)14-25-17-5-3-4-15(10-17)11-20/h3-5,10,16,18H,2,6-9,12-14H2,1H3/t16-,18-/m1/s1. The van der Waals surface area contributed by atoms with Crippen molar-refractivity contribution in [3.05, 3.63) is 29.8 Å². The maximum Gasteiger partial charge on any atom is 0.260 e. The van der Waals surface area contributed by atoms with E-state index in [1.54, 1.807) is 24.3 Å². The molecule has 0 aromatic heterocycles. The van der Waals surface area contributed by atoms with Gasteiger partial charge in [-0.05, 0) is 24.1 Å². The summed E-state index contributed by atoms with van der Waals surface area (Å²) in [6.45, 7) is 7.20. The highest BCUT2D eigenvalue weighted by Crippen LogP contribution is 2.26. The van der Waals surface area contributed by atoms with E-state index < -0.39 is 0 Å². The van der Waals surface area contributed by atoms with Gasteiger partial charge in [-0.15, -0.1) is 0 Å². The van der Waals surface area contributed by atoms with E-state index in [0.29, 0.717) is 23.3 Å². The Balaban J connectivity index is 1.56. The van der Waals surface area contributed by atoms with Crippen molar-refractivity contribution in [2.75, 3.05) is 46.0 Å². The topological polar surface area (TPSA) is 65.8 Å². The molecule has 0 saturated carbocycles. The molecule has 0 radical (unpaired) electrons. The summed E-state index contributed by atoms with van der Waals surface area (Å²) in [5.74, 6) is 1.07. The van der Waals surface area contributed by atoms with Gasteiger partial charge in [-0.1, -0.05) is 19.4 Å². The zero-order chi connectivity index (χ0) is 17.6. The molecule has 3 rings (SSSR count). The molecular weight excluding hydrogens is 318 g/mol. The summed E-state index contributed by atoms with van der Waals surface area (Å²) in [5.41, 5.74) is 0.532. The summed E-state index contributed by atoms with van der Waals surface area (Å²) < 4.78 is 11.0. The van der Waals surface area contributed by atoms with E-state index in [4.69, 9.17) is 14.7 Å². The van der Waals surface area contributed by atoms with E-state index in [9.17, 15) is 4.79 Å². The fourth-order valence-corrected chi connectivity index (χ4v) is 3.67. The third-order valence-corrected chi connectivity index (χ3v) is 5.12. The van der Waals surface area contributed by atoms with E-state index in [1.807, 2.05) is 4.90 Å². The molecule has 2 saturated heterocycles. The highest BCUT2D eigenvalue weighted by molar-refractivity contribution is 5.78. The van der Waals surface area contributed by atoms with Crippen LogP contribution < -0.4 is 4.74 Å². The van der Waals surface area contributed by atoms with E-state index >= 15 is 0 Å². The summed E-state index contributed by atoms with van der Waals surface area (Å²) in [6, 6.07) is 9.39. The lowest BCUT2D eigenvalue weighted by Gasteiger charge is -2.34. The molecule has 0 bridgehead atoms. The van der Waals surface area contributed by atoms with E-state index in [2.05, 4.69) is 17.9 Å². The van der Waals surface area contributed by atoms with Crippen molar-refractivity contribution in [3.63, 3.8) is 0 Å². The van der Waals surface area contributed by atoms with Gasteiger partial charge in [0.05, 0.1) is 24.8 Å². The fourth-order valence-electron chi connectivity index (χ4n) is 3.67. The van der Waals surface area contributed by atoms with Crippen molar-refractivity contribution < 1.29 is 14.3 Å². The number of carbonyl (C=O) groups excluding carboxylic acids is 1. The van der Waals surface area contributed by atoms with Gasteiger partial charge in [0.25, 0.3) is 5.91 Å². The van der Waals surface area contributed by atoms with Gasteiger partial charge in [-0.3, -0.25) is 9.69 Å². The quantitative estimate of drug-likeness (QED) is 0.811. The lowest BCUT2D eigenvalue weighted by atomic mass is 9.99. The largest absolute Gasteiger partial charge is 0.484 e. The Morgan fingerprint density at radius 3 is 2.88 bits per heavy atom. The number of amides is 1. The molecule has 2 aliphatic rings. The second kappa shape index (κ2) is 8.32. The smallest absolute Gasteiger partial charge is 0.260 e. The molecule has 0 spiro atoms. The first-order valence-corrected chi connectivity index (χ1v) is 8.93. The van der Waals surface area contributed by atoms with Crippen molar-refractivity contribution in [2.45, 2.75) is 19.4 Å². The number of rotatable bonds is 5. The predicted molar refractivity (Wildman–Crippen MR) is 93.2 cm³/mol. The van der Waals surface area contributed by atoms with Crippen LogP contribution in [0.5, 0.6) is 5.75 Å². The van der Waals surface area contributed by atoms with Crippen LogP contribution in [0.15, 0.2) is 24.3 Å². The summed E-state index contributed by atoms with van der Waals surface area (Å²) in [5, 5.41) is 8.93. The third kappa shape index (κ3) is 4.30. The monoisotopic (exact) mass is 343 g/mol. The van der Waals surface area contributed by atoms with Crippen molar-refractivity contribution >= 4 is 5.91 Å². The number of morpholine rings is 1. The minimum atomic E-state index is 0.0107. The number of hydrogen-bond acceptors (Lipinski definition) is 5. The van der Waals surface area contributed by atoms with Gasteiger partial charge in [-0.2, -0.15) is 5.26 Å². The second-order valence-electron chi connectivity index (χ2n) is 6.61. The van der Waals surface area contributed by atoms with Crippen LogP contribution in [0.3, 0.4) is 0 Å². The molecule has 1 aromatic rings. The molecule has 25 heavy (non-hydrogen) atoms. The minimum Gasteiger partial charge on any atom is -0.484 e. The molecular formula is C19H25N3O3. The average molecular weight is 343 g/mol. The summed E-state index contributed by atoms with van der Waals surface area (Å²) in [6.07, 6.45) is 1.07. The maximum absolute atomic E-state index is 12.6. The number of likely N-dealkylation sites (tertiary alicyclic amines) is 1. The highest BCUT2D eigenvalue weighted by Gasteiger charge is 2.38. The molecule has 2 fully saturated rings. The van der Waals surface area contributed by atoms with Crippen molar-refractivity contribution in [1.29, 1.82) is 5.26 Å². The first kappa shape index (κ1) is 17.7. The van der Waals surface area contributed by atoms with Gasteiger partial charge in [0, 0.05) is 32.2 Å². The summed E-state index contributed by atoms with van der Waals surface area (Å²) in [4.78, 5) is 16.9. The first-order chi connectivity index (χ1) is 12.2. The molecule has 1 aromatic carbocycles. The number of nitriles is 1. The molecule has 0 aliphatic carbocycles. The van der Waals surface area contributed by atoms with Crippen molar-refractivity contribution in [2.24, 2.45) is 5.92 Å². The van der Waals surface area contributed by atoms with Gasteiger partial charge in [0.2, 0.25) is 0 Å². The van der Waals surface area contributed by atoms with Crippen molar-refractivity contribution in [3.8, 4) is 11.8 Å². The molecule has 0 N–H and O–H groups in total. The Morgan fingerprint density at radius 1 is 1.36 bits per heavy atom. The lowest BCUT2D eigenvalue weighted by molar-refractivity contribution is -0.132. The molecule has 6 heteroatoms. The Bertz CT molecular complexity index is 637. The number of hydrogen-bond donors (Lipinski definition) is 0. The first-order valence-electron chi connectivity index (χ1n) is 8.93. The normalized spacial score (nSPS) is 24.1. The maximum atomic E-state index is 12.6. The van der Waals surface area contributed by atoms with Crippen LogP contribution in [0.1, 0.15) is 18.9 Å². The van der Waals surface area contributed by atoms with Gasteiger partial charge >= 0.3 is 0 Å². The van der Waals surface area contributed by atoms with Crippen LogP contribution >= 0.6 is 0 Å². The molecule has 2 heterocycles. The van der Waals surface area contributed by atoms with E-state index in [0.717, 1.165) is 45.8 Å². The Kier molecular flexibility index (Phi) is 5.90. The Labute approximate surface area is 148 Å². The van der Waals surface area contributed by atoms with Crippen LogP contribution in [0, 0.1) is 17.2 Å². The third-order valence-electron chi connectivity index (χ3n) is 5.12. The SMILES string of the molecule is CC[C@@H]1CN(C(=O)COc2cccc(C#N)c2)C[C@H]1N1CCOCC1. The summed E-state index contributed by atoms with van der Waals surface area (Å²) >= 11 is 0. The highest BCUT2D eigenvalue weighted by atomic mass is 16.5. The van der Waals surface area contributed by atoms with Crippen LogP contribution in [0.2, 0.25) is 0 Å². The van der Waals surface area contributed by atoms with Crippen molar-refractivity contribution in [1.82, 2.24) is 9.80 Å². The average Bonchev–Trinajstić information content (AvgIpc) is 3.11. The molecule has 1 amide bonds. The van der Waals surface area contributed by atoms with Gasteiger partial charge in [0.15, 0.2) is 6.61 Å². The number of benzene rings is 1. The van der Waals surface area contributed by atoms with E-state index in [1.165, 1.54) is 0 Å². The molecule has 0 unspecified atom stereocenters. The van der Waals surface area contributed by atoms with Gasteiger partial charge in [0.1, 0.15) is 5.75 Å². The minimum absolute atomic E-state index is 0.0107. The zero-order valence-corrected chi connectivity index (χ0v) is 14.7. The fraction of sp³-hybridized carbons (Fsp3) is 0.579. The zero-order valence-electron chi connectivity index (χ0n) is 14.7. The second-order valence-corrected chi connectivity index (χ2v) is 6.61. The van der Waals surface area contributed by atoms with Crippen LogP contribution in [-0.4, -0.2) is 67.7 Å². The summed E-state index contributed by atoms with van der Waals surface area (Å²) in [7, 11) is 0. The van der Waals surface area contributed by atoms with Crippen LogP contribution in [0.25, 0.3) is 0 Å². The molecule has 2 atom stereocenters. The molecule has 6 nitrogen and oxygen atoms in total. The Hall–Kier alpha value is -2.10. The number of ether oxygens (including phenoxy) is 2. The van der Waals surface area contributed by atoms with Crippen LogP contribution in [0.4, 0.5) is 0 Å². The van der Waals surface area contributed by atoms with Gasteiger partial charge in [-0.25, -0.2) is 0 Å². The predicted octanol–water partition coefficient (Wildman–Crippen LogP) is 1.51. The lowest BCUT2D eigenvalue weighted by Crippen LogP contribution is -2.47. The Morgan fingerprint density at radius 2 is 2.16 bits per heavy atom. The van der Waals surface area contributed by atoms with Crippen LogP contribution in [-0.2, 0) is 9.53 Å². The molecule has 134 valence electrons. The molecule has 2 aliphatic heterocycles. The van der Waals surface area contributed by atoms with Gasteiger partial charge < -0.3 is 14.4 Å². The number of nitrogens with zero attached hydrogens (tertiary/aromatic N) is 3. The number of carbonyl (C=O) groups is 1. The van der Waals surface area contributed by atoms with E-state index in [-0.39, 0.29) is 12.5 Å².